The highest BCUT2D eigenvalue weighted by Crippen LogP contribution is 2.35. The third-order valence-corrected chi connectivity index (χ3v) is 3.22. The normalized spacial score (nSPS) is 19.6. The highest BCUT2D eigenvalue weighted by molar-refractivity contribution is 5.76. The zero-order valence-electron chi connectivity index (χ0n) is 10.3. The minimum absolute atomic E-state index is 0.503. The molecular weight excluding hydrogens is 198 g/mol. The van der Waals surface area contributed by atoms with Gasteiger partial charge >= 0.3 is 0 Å². The van der Waals surface area contributed by atoms with Crippen molar-refractivity contribution in [3.63, 3.8) is 0 Å². The highest BCUT2D eigenvalue weighted by atomic mass is 15.2. The van der Waals surface area contributed by atoms with E-state index in [9.17, 15) is 0 Å². The molecule has 1 aliphatic heterocycles. The minimum atomic E-state index is 0.503. The first-order chi connectivity index (χ1) is 7.65. The van der Waals surface area contributed by atoms with Crippen molar-refractivity contribution >= 4 is 11.4 Å². The Hall–Kier alpha value is -1.22. The second kappa shape index (κ2) is 4.34. The molecule has 0 saturated carbocycles. The van der Waals surface area contributed by atoms with Gasteiger partial charge in [0.15, 0.2) is 0 Å². The largest absolute Gasteiger partial charge is 0.381 e. The maximum atomic E-state index is 5.83. The summed E-state index contributed by atoms with van der Waals surface area (Å²) in [4.78, 5) is 2.47. The molecule has 3 nitrogen and oxygen atoms in total. The van der Waals surface area contributed by atoms with Gasteiger partial charge in [-0.1, -0.05) is 12.1 Å². The molecule has 1 atom stereocenters. The van der Waals surface area contributed by atoms with E-state index in [0.717, 1.165) is 6.54 Å². The fourth-order valence-corrected chi connectivity index (χ4v) is 2.55. The minimum Gasteiger partial charge on any atom is -0.381 e. The van der Waals surface area contributed by atoms with Crippen molar-refractivity contribution in [2.75, 3.05) is 16.8 Å². The Morgan fingerprint density at radius 1 is 1.50 bits per heavy atom. The molecule has 0 radical (unpaired) electrons. The lowest BCUT2D eigenvalue weighted by atomic mass is 10.0. The molecular formula is C13H21N3. The van der Waals surface area contributed by atoms with Crippen molar-refractivity contribution in [1.82, 2.24) is 0 Å². The fourth-order valence-electron chi connectivity index (χ4n) is 2.55. The van der Waals surface area contributed by atoms with Gasteiger partial charge in [-0.15, -0.1) is 0 Å². The van der Waals surface area contributed by atoms with Gasteiger partial charge < -0.3 is 16.0 Å². The number of hydrogen-bond acceptors (Lipinski definition) is 3. The Bertz CT molecular complexity index is 359. The van der Waals surface area contributed by atoms with Crippen LogP contribution in [0.25, 0.3) is 0 Å². The van der Waals surface area contributed by atoms with Gasteiger partial charge in [-0.2, -0.15) is 0 Å². The number of nitrogens with zero attached hydrogens (tertiary/aromatic N) is 1. The first-order valence-electron chi connectivity index (χ1n) is 5.99. The molecule has 0 saturated heterocycles. The maximum Gasteiger partial charge on any atom is 0.0652 e. The molecule has 0 aliphatic carbocycles. The lowest BCUT2D eigenvalue weighted by molar-refractivity contribution is 0.577. The van der Waals surface area contributed by atoms with Crippen LogP contribution in [0.2, 0.25) is 0 Å². The van der Waals surface area contributed by atoms with Crippen LogP contribution < -0.4 is 16.0 Å². The molecule has 0 aromatic heterocycles. The number of nitrogens with two attached hydrogens (primary N) is 1. The SMILES string of the molecule is CC(C)N1c2c(CN)cccc2NCC1C. The van der Waals surface area contributed by atoms with Crippen LogP contribution in [-0.2, 0) is 6.54 Å². The molecule has 0 amide bonds. The van der Waals surface area contributed by atoms with E-state index in [1.165, 1.54) is 16.9 Å². The van der Waals surface area contributed by atoms with Crippen LogP contribution in [0.1, 0.15) is 26.3 Å². The average molecular weight is 219 g/mol. The van der Waals surface area contributed by atoms with Crippen molar-refractivity contribution in [3.8, 4) is 0 Å². The molecule has 1 unspecified atom stereocenters. The van der Waals surface area contributed by atoms with Crippen molar-refractivity contribution in [3.05, 3.63) is 23.8 Å². The highest BCUT2D eigenvalue weighted by Gasteiger charge is 2.26. The van der Waals surface area contributed by atoms with E-state index in [4.69, 9.17) is 5.73 Å². The van der Waals surface area contributed by atoms with E-state index in [1.807, 2.05) is 0 Å². The summed E-state index contributed by atoms with van der Waals surface area (Å²) in [7, 11) is 0. The number of nitrogens with one attached hydrogen (secondary N) is 1. The summed E-state index contributed by atoms with van der Waals surface area (Å²) >= 11 is 0. The van der Waals surface area contributed by atoms with E-state index >= 15 is 0 Å². The number of para-hydroxylation sites is 1. The predicted molar refractivity (Wildman–Crippen MR) is 69.9 cm³/mol. The van der Waals surface area contributed by atoms with Crippen LogP contribution >= 0.6 is 0 Å². The summed E-state index contributed by atoms with van der Waals surface area (Å²) in [5, 5.41) is 3.47. The summed E-state index contributed by atoms with van der Waals surface area (Å²) < 4.78 is 0. The monoisotopic (exact) mass is 219 g/mol. The number of fused-ring (bicyclic) bond motifs is 1. The van der Waals surface area contributed by atoms with E-state index in [-0.39, 0.29) is 0 Å². The molecule has 88 valence electrons. The fraction of sp³-hybridized carbons (Fsp3) is 0.538. The molecule has 0 spiro atoms. The summed E-state index contributed by atoms with van der Waals surface area (Å²) in [6.07, 6.45) is 0. The molecule has 0 fully saturated rings. The Morgan fingerprint density at radius 2 is 2.25 bits per heavy atom. The van der Waals surface area contributed by atoms with Crippen LogP contribution in [-0.4, -0.2) is 18.6 Å². The lowest BCUT2D eigenvalue weighted by Gasteiger charge is -2.41. The van der Waals surface area contributed by atoms with Gasteiger partial charge in [-0.3, -0.25) is 0 Å². The van der Waals surface area contributed by atoms with Crippen LogP contribution in [0.4, 0.5) is 11.4 Å². The Kier molecular flexibility index (Phi) is 3.06. The van der Waals surface area contributed by atoms with Gasteiger partial charge in [-0.05, 0) is 32.4 Å². The standard InChI is InChI=1S/C13H21N3/c1-9(2)16-10(3)8-15-12-6-4-5-11(7-14)13(12)16/h4-6,9-10,15H,7-8,14H2,1-3H3. The molecule has 1 aromatic rings. The van der Waals surface area contributed by atoms with Crippen molar-refractivity contribution in [1.29, 1.82) is 0 Å². The zero-order valence-corrected chi connectivity index (χ0v) is 10.3. The first-order valence-corrected chi connectivity index (χ1v) is 5.99. The van der Waals surface area contributed by atoms with Crippen molar-refractivity contribution in [2.45, 2.75) is 39.4 Å². The average Bonchev–Trinajstić information content (AvgIpc) is 2.27. The van der Waals surface area contributed by atoms with E-state index in [2.05, 4.69) is 49.2 Å². The van der Waals surface area contributed by atoms with Crippen molar-refractivity contribution < 1.29 is 0 Å². The van der Waals surface area contributed by atoms with Crippen LogP contribution in [0.15, 0.2) is 18.2 Å². The first kappa shape index (κ1) is 11.3. The third-order valence-electron chi connectivity index (χ3n) is 3.22. The lowest BCUT2D eigenvalue weighted by Crippen LogP contribution is -2.46. The van der Waals surface area contributed by atoms with E-state index in [0.29, 0.717) is 18.6 Å². The van der Waals surface area contributed by atoms with Gasteiger partial charge in [0.25, 0.3) is 0 Å². The molecule has 3 heteroatoms. The third kappa shape index (κ3) is 1.76. The van der Waals surface area contributed by atoms with Crippen LogP contribution in [0.5, 0.6) is 0 Å². The van der Waals surface area contributed by atoms with E-state index < -0.39 is 0 Å². The quantitative estimate of drug-likeness (QED) is 0.801. The van der Waals surface area contributed by atoms with Crippen LogP contribution in [0, 0.1) is 0 Å². The number of rotatable bonds is 2. The second-order valence-electron chi connectivity index (χ2n) is 4.75. The smallest absolute Gasteiger partial charge is 0.0652 e. The summed E-state index contributed by atoms with van der Waals surface area (Å²) in [6.45, 7) is 8.32. The Balaban J connectivity index is 2.52. The predicted octanol–water partition coefficient (Wildman–Crippen LogP) is 2.17. The molecule has 2 rings (SSSR count). The van der Waals surface area contributed by atoms with Gasteiger partial charge in [0.05, 0.1) is 11.4 Å². The van der Waals surface area contributed by atoms with Crippen molar-refractivity contribution in [2.24, 2.45) is 5.73 Å². The second-order valence-corrected chi connectivity index (χ2v) is 4.75. The molecule has 3 N–H and O–H groups in total. The van der Waals surface area contributed by atoms with Crippen LogP contribution in [0.3, 0.4) is 0 Å². The summed E-state index contributed by atoms with van der Waals surface area (Å²) in [5.74, 6) is 0. The molecule has 16 heavy (non-hydrogen) atoms. The topological polar surface area (TPSA) is 41.3 Å². The number of anilines is 2. The molecule has 0 bridgehead atoms. The maximum absolute atomic E-state index is 5.83. The molecule has 1 heterocycles. The zero-order chi connectivity index (χ0) is 11.7. The summed E-state index contributed by atoms with van der Waals surface area (Å²) in [5.41, 5.74) is 9.56. The van der Waals surface area contributed by atoms with Gasteiger partial charge in [0, 0.05) is 25.2 Å². The van der Waals surface area contributed by atoms with E-state index in [1.54, 1.807) is 0 Å². The number of hydrogen-bond donors (Lipinski definition) is 2. The Labute approximate surface area is 97.6 Å². The molecule has 1 aliphatic rings. The summed E-state index contributed by atoms with van der Waals surface area (Å²) in [6, 6.07) is 7.34. The number of benzene rings is 1. The van der Waals surface area contributed by atoms with Gasteiger partial charge in [-0.25, -0.2) is 0 Å². The Morgan fingerprint density at radius 3 is 2.88 bits per heavy atom. The van der Waals surface area contributed by atoms with Gasteiger partial charge in [0.1, 0.15) is 0 Å². The van der Waals surface area contributed by atoms with Gasteiger partial charge in [0.2, 0.25) is 0 Å². The molecule has 1 aromatic carbocycles.